The number of carbonyl (C=O) groups excluding carboxylic acids is 1. The first kappa shape index (κ1) is 12.0. The van der Waals surface area contributed by atoms with Gasteiger partial charge in [-0.3, -0.25) is 4.79 Å². The molecule has 0 bridgehead atoms. The van der Waals surface area contributed by atoms with Crippen molar-refractivity contribution in [1.82, 2.24) is 0 Å². The number of hydrogen-bond donors (Lipinski definition) is 1. The second-order valence-electron chi connectivity index (χ2n) is 3.37. The molecule has 1 aromatic carbocycles. The number of aliphatic hydroxyl groups excluding tert-OH is 1. The van der Waals surface area contributed by atoms with Gasteiger partial charge in [-0.2, -0.15) is 5.26 Å². The maximum atomic E-state index is 11.5. The zero-order chi connectivity index (χ0) is 12.0. The third-order valence-electron chi connectivity index (χ3n) is 2.15. The van der Waals surface area contributed by atoms with E-state index >= 15 is 0 Å². The highest BCUT2D eigenvalue weighted by atomic mass is 16.3. The third-order valence-corrected chi connectivity index (χ3v) is 2.15. The fourth-order valence-corrected chi connectivity index (χ4v) is 1.34. The number of nitriles is 1. The molecular formula is C13H13NO2. The van der Waals surface area contributed by atoms with Gasteiger partial charge in [0, 0.05) is 12.0 Å². The summed E-state index contributed by atoms with van der Waals surface area (Å²) in [6.45, 7) is 1.85. The lowest BCUT2D eigenvalue weighted by Crippen LogP contribution is -2.03. The molecule has 0 aliphatic rings. The van der Waals surface area contributed by atoms with E-state index in [1.165, 1.54) is 0 Å². The van der Waals surface area contributed by atoms with Crippen molar-refractivity contribution in [2.24, 2.45) is 0 Å². The minimum absolute atomic E-state index is 0.159. The van der Waals surface area contributed by atoms with Crippen molar-refractivity contribution in [2.45, 2.75) is 19.8 Å². The lowest BCUT2D eigenvalue weighted by atomic mass is 10.0. The van der Waals surface area contributed by atoms with E-state index in [-0.39, 0.29) is 23.5 Å². The Morgan fingerprint density at radius 2 is 2.00 bits per heavy atom. The first-order valence-corrected chi connectivity index (χ1v) is 5.12. The van der Waals surface area contributed by atoms with Crippen molar-refractivity contribution >= 4 is 11.5 Å². The van der Waals surface area contributed by atoms with Gasteiger partial charge in [0.05, 0.1) is 0 Å². The van der Waals surface area contributed by atoms with Gasteiger partial charge in [-0.1, -0.05) is 37.3 Å². The van der Waals surface area contributed by atoms with Crippen LogP contribution in [0.25, 0.3) is 5.76 Å². The number of ketones is 1. The van der Waals surface area contributed by atoms with Gasteiger partial charge in [0.1, 0.15) is 17.4 Å². The predicted molar refractivity (Wildman–Crippen MR) is 61.5 cm³/mol. The Bertz CT molecular complexity index is 441. The molecule has 1 rings (SSSR count). The van der Waals surface area contributed by atoms with Crippen LogP contribution in [0.5, 0.6) is 0 Å². The fourth-order valence-electron chi connectivity index (χ4n) is 1.34. The molecule has 82 valence electrons. The van der Waals surface area contributed by atoms with Crippen molar-refractivity contribution in [3.05, 3.63) is 41.5 Å². The lowest BCUT2D eigenvalue weighted by Gasteiger charge is -2.02. The standard InChI is InChI=1S/C13H13NO2/c1-2-6-12(15)11(9-14)13(16)10-7-4-3-5-8-10/h3-5,7-8,16H,2,6H2,1H3. The summed E-state index contributed by atoms with van der Waals surface area (Å²) in [6, 6.07) is 10.4. The molecule has 0 radical (unpaired) electrons. The highest BCUT2D eigenvalue weighted by molar-refractivity contribution is 6.04. The smallest absolute Gasteiger partial charge is 0.177 e. The lowest BCUT2D eigenvalue weighted by molar-refractivity contribution is -0.115. The quantitative estimate of drug-likeness (QED) is 0.477. The van der Waals surface area contributed by atoms with Crippen molar-refractivity contribution in [3.63, 3.8) is 0 Å². The number of carbonyl (C=O) groups is 1. The number of nitrogens with zero attached hydrogens (tertiary/aromatic N) is 1. The maximum absolute atomic E-state index is 11.5. The third kappa shape index (κ3) is 2.71. The van der Waals surface area contributed by atoms with Crippen LogP contribution in [0.15, 0.2) is 35.9 Å². The summed E-state index contributed by atoms with van der Waals surface area (Å²) >= 11 is 0. The van der Waals surface area contributed by atoms with E-state index < -0.39 is 0 Å². The first-order valence-electron chi connectivity index (χ1n) is 5.12. The SMILES string of the molecule is CCCC(=O)C(C#N)=C(O)c1ccccc1. The zero-order valence-electron chi connectivity index (χ0n) is 9.10. The molecule has 1 N–H and O–H groups in total. The Kier molecular flexibility index (Phi) is 4.28. The van der Waals surface area contributed by atoms with Crippen LogP contribution in [0.3, 0.4) is 0 Å². The molecule has 3 nitrogen and oxygen atoms in total. The van der Waals surface area contributed by atoms with Gasteiger partial charge >= 0.3 is 0 Å². The van der Waals surface area contributed by atoms with Gasteiger partial charge in [0.15, 0.2) is 5.78 Å². The molecular weight excluding hydrogens is 202 g/mol. The fraction of sp³-hybridized carbons (Fsp3) is 0.231. The van der Waals surface area contributed by atoms with Gasteiger partial charge < -0.3 is 5.11 Å². The van der Waals surface area contributed by atoms with Gasteiger partial charge in [-0.15, -0.1) is 0 Å². The molecule has 0 amide bonds. The van der Waals surface area contributed by atoms with Gasteiger partial charge in [0.2, 0.25) is 0 Å². The van der Waals surface area contributed by atoms with E-state index in [4.69, 9.17) is 5.26 Å². The molecule has 0 aliphatic carbocycles. The number of aliphatic hydroxyl groups is 1. The van der Waals surface area contributed by atoms with Crippen LogP contribution in [0.4, 0.5) is 0 Å². The Balaban J connectivity index is 3.11. The molecule has 0 saturated carbocycles. The number of Topliss-reactive ketones (excluding diaryl/α,β-unsaturated/α-hetero) is 1. The molecule has 0 spiro atoms. The summed E-state index contributed by atoms with van der Waals surface area (Å²) < 4.78 is 0. The van der Waals surface area contributed by atoms with Crippen molar-refractivity contribution in [3.8, 4) is 6.07 Å². The average molecular weight is 215 g/mol. The maximum Gasteiger partial charge on any atom is 0.177 e. The second kappa shape index (κ2) is 5.72. The van der Waals surface area contributed by atoms with Crippen molar-refractivity contribution in [2.75, 3.05) is 0 Å². The highest BCUT2D eigenvalue weighted by Crippen LogP contribution is 2.17. The van der Waals surface area contributed by atoms with E-state index in [1.54, 1.807) is 36.4 Å². The number of rotatable bonds is 4. The van der Waals surface area contributed by atoms with Crippen LogP contribution in [-0.4, -0.2) is 10.9 Å². The monoisotopic (exact) mass is 215 g/mol. The molecule has 16 heavy (non-hydrogen) atoms. The van der Waals surface area contributed by atoms with Crippen LogP contribution < -0.4 is 0 Å². The van der Waals surface area contributed by atoms with Gasteiger partial charge in [0.25, 0.3) is 0 Å². The normalized spacial score (nSPS) is 11.5. The van der Waals surface area contributed by atoms with E-state index in [0.717, 1.165) is 0 Å². The van der Waals surface area contributed by atoms with Crippen LogP contribution >= 0.6 is 0 Å². The number of hydrogen-bond acceptors (Lipinski definition) is 3. The van der Waals surface area contributed by atoms with Crippen LogP contribution in [-0.2, 0) is 4.79 Å². The summed E-state index contributed by atoms with van der Waals surface area (Å²) in [5.41, 5.74) is 0.330. The van der Waals surface area contributed by atoms with E-state index in [9.17, 15) is 9.90 Å². The molecule has 0 aliphatic heterocycles. The Morgan fingerprint density at radius 3 is 2.50 bits per heavy atom. The number of allylic oxidation sites excluding steroid dienone is 1. The predicted octanol–water partition coefficient (Wildman–Crippen LogP) is 2.85. The summed E-state index contributed by atoms with van der Waals surface area (Å²) in [5, 5.41) is 18.7. The number of benzene rings is 1. The van der Waals surface area contributed by atoms with Gasteiger partial charge in [-0.05, 0) is 6.42 Å². The summed E-state index contributed by atoms with van der Waals surface area (Å²) in [4.78, 5) is 11.5. The molecule has 0 atom stereocenters. The molecule has 0 heterocycles. The molecule has 1 aromatic rings. The van der Waals surface area contributed by atoms with Gasteiger partial charge in [-0.25, -0.2) is 0 Å². The average Bonchev–Trinajstić information content (AvgIpc) is 2.31. The molecule has 0 aromatic heterocycles. The van der Waals surface area contributed by atoms with Crippen molar-refractivity contribution in [1.29, 1.82) is 5.26 Å². The summed E-state index contributed by atoms with van der Waals surface area (Å²) in [7, 11) is 0. The highest BCUT2D eigenvalue weighted by Gasteiger charge is 2.14. The molecule has 0 fully saturated rings. The van der Waals surface area contributed by atoms with Crippen LogP contribution in [0, 0.1) is 11.3 Å². The molecule has 0 unspecified atom stereocenters. The minimum Gasteiger partial charge on any atom is -0.506 e. The van der Waals surface area contributed by atoms with Crippen LogP contribution in [0.2, 0.25) is 0 Å². The minimum atomic E-state index is -0.314. The Labute approximate surface area is 94.6 Å². The summed E-state index contributed by atoms with van der Waals surface area (Å²) in [6.07, 6.45) is 0.936. The van der Waals surface area contributed by atoms with Crippen molar-refractivity contribution < 1.29 is 9.90 Å². The summed E-state index contributed by atoms with van der Waals surface area (Å²) in [5.74, 6) is -0.548. The van der Waals surface area contributed by atoms with E-state index in [1.807, 2.05) is 6.92 Å². The molecule has 3 heteroatoms. The second-order valence-corrected chi connectivity index (χ2v) is 3.37. The van der Waals surface area contributed by atoms with Crippen LogP contribution in [0.1, 0.15) is 25.3 Å². The topological polar surface area (TPSA) is 61.1 Å². The molecule has 0 saturated heterocycles. The van der Waals surface area contributed by atoms with E-state index in [2.05, 4.69) is 0 Å². The first-order chi connectivity index (χ1) is 7.70. The zero-order valence-corrected chi connectivity index (χ0v) is 9.10. The Hall–Kier alpha value is -2.08. The Morgan fingerprint density at radius 1 is 1.38 bits per heavy atom. The van der Waals surface area contributed by atoms with E-state index in [0.29, 0.717) is 12.0 Å². The largest absolute Gasteiger partial charge is 0.506 e.